The molecule has 0 bridgehead atoms. The molecular weight excluding hydrogens is 478 g/mol. The average Bonchev–Trinajstić information content (AvgIpc) is 3.19. The molecule has 2 aromatic carbocycles. The lowest BCUT2D eigenvalue weighted by Gasteiger charge is -2.30. The van der Waals surface area contributed by atoms with Gasteiger partial charge in [-0.2, -0.15) is 0 Å². The number of pyridine rings is 1. The maximum atomic E-state index is 13.4. The van der Waals surface area contributed by atoms with Gasteiger partial charge in [-0.1, -0.05) is 17.7 Å². The van der Waals surface area contributed by atoms with E-state index in [0.717, 1.165) is 31.6 Å². The summed E-state index contributed by atoms with van der Waals surface area (Å²) in [6.45, 7) is 2.00. The van der Waals surface area contributed by atoms with Gasteiger partial charge >= 0.3 is 0 Å². The van der Waals surface area contributed by atoms with Gasteiger partial charge in [0.25, 0.3) is 11.7 Å². The van der Waals surface area contributed by atoms with E-state index in [2.05, 4.69) is 9.88 Å². The van der Waals surface area contributed by atoms with Gasteiger partial charge in [0.05, 0.1) is 23.4 Å². The lowest BCUT2D eigenvalue weighted by atomic mass is 9.98. The van der Waals surface area contributed by atoms with Crippen molar-refractivity contribution in [3.63, 3.8) is 0 Å². The molecule has 3 heterocycles. The zero-order valence-corrected chi connectivity index (χ0v) is 20.6. The third-order valence-corrected chi connectivity index (χ3v) is 7.02. The second-order valence-corrected chi connectivity index (χ2v) is 9.24. The SMILES string of the molecule is COc1ccc(Cl)c(/C(O)=C2\C(=O)C(=O)N(c3ccc(N4CCCCC4)cc3)C2c2ccccn2)c1. The van der Waals surface area contributed by atoms with Gasteiger partial charge in [0.1, 0.15) is 17.6 Å². The van der Waals surface area contributed by atoms with E-state index in [4.69, 9.17) is 16.3 Å². The molecule has 2 aliphatic rings. The molecule has 8 heteroatoms. The first-order valence-corrected chi connectivity index (χ1v) is 12.3. The number of ketones is 1. The first kappa shape index (κ1) is 23.9. The van der Waals surface area contributed by atoms with Crippen molar-refractivity contribution in [3.05, 3.63) is 88.7 Å². The normalized spacial score (nSPS) is 19.6. The standard InChI is InChI=1S/C28H26ClN3O4/c1-36-20-12-13-22(29)21(17-20)26(33)24-25(23-7-3-4-14-30-23)32(28(35)27(24)34)19-10-8-18(9-11-19)31-15-5-2-6-16-31/h3-4,7-14,17,25,33H,2,5-6,15-16H2,1H3/b26-24+. The summed E-state index contributed by atoms with van der Waals surface area (Å²) in [4.78, 5) is 34.9. The fourth-order valence-electron chi connectivity index (χ4n) is 4.85. The number of aliphatic hydroxyl groups excluding tert-OH is 1. The van der Waals surface area contributed by atoms with Crippen LogP contribution >= 0.6 is 11.6 Å². The van der Waals surface area contributed by atoms with Crippen molar-refractivity contribution in [2.75, 3.05) is 30.0 Å². The van der Waals surface area contributed by atoms with Gasteiger partial charge in [0, 0.05) is 36.2 Å². The maximum Gasteiger partial charge on any atom is 0.300 e. The van der Waals surface area contributed by atoms with Crippen molar-refractivity contribution in [3.8, 4) is 5.75 Å². The van der Waals surface area contributed by atoms with Crippen LogP contribution in [0.5, 0.6) is 5.75 Å². The van der Waals surface area contributed by atoms with Crippen molar-refractivity contribution < 1.29 is 19.4 Å². The molecule has 0 saturated carbocycles. The summed E-state index contributed by atoms with van der Waals surface area (Å²) in [5, 5.41) is 11.6. The summed E-state index contributed by atoms with van der Waals surface area (Å²) >= 11 is 6.37. The maximum absolute atomic E-state index is 13.4. The van der Waals surface area contributed by atoms with Crippen molar-refractivity contribution >= 4 is 40.4 Å². The fourth-order valence-corrected chi connectivity index (χ4v) is 5.06. The fraction of sp³-hybridized carbons (Fsp3) is 0.250. The minimum atomic E-state index is -0.922. The number of aliphatic hydroxyl groups is 1. The first-order valence-electron chi connectivity index (χ1n) is 11.9. The molecule has 3 aromatic rings. The Labute approximate surface area is 214 Å². The first-order chi connectivity index (χ1) is 17.5. The second kappa shape index (κ2) is 10.0. The number of anilines is 2. The smallest absolute Gasteiger partial charge is 0.300 e. The van der Waals surface area contributed by atoms with E-state index in [1.54, 1.807) is 36.5 Å². The lowest BCUT2D eigenvalue weighted by Crippen LogP contribution is -2.31. The Morgan fingerprint density at radius 2 is 1.72 bits per heavy atom. The summed E-state index contributed by atoms with van der Waals surface area (Å²) in [5.74, 6) is -1.46. The number of carbonyl (C=O) groups is 2. The highest BCUT2D eigenvalue weighted by Gasteiger charge is 2.47. The summed E-state index contributed by atoms with van der Waals surface area (Å²) < 4.78 is 5.26. The number of rotatable bonds is 5. The number of amides is 1. The number of hydrogen-bond donors (Lipinski definition) is 1. The van der Waals surface area contributed by atoms with E-state index >= 15 is 0 Å². The van der Waals surface area contributed by atoms with Crippen molar-refractivity contribution in [1.82, 2.24) is 4.98 Å². The van der Waals surface area contributed by atoms with Gasteiger partial charge in [-0.05, 0) is 73.9 Å². The Hall–Kier alpha value is -3.84. The third-order valence-electron chi connectivity index (χ3n) is 6.69. The highest BCUT2D eigenvalue weighted by atomic mass is 35.5. The number of halogens is 1. The molecule has 1 N–H and O–H groups in total. The molecule has 5 rings (SSSR count). The quantitative estimate of drug-likeness (QED) is 0.287. The van der Waals surface area contributed by atoms with Crippen LogP contribution in [0.2, 0.25) is 5.02 Å². The molecule has 1 unspecified atom stereocenters. The summed E-state index contributed by atoms with van der Waals surface area (Å²) in [5.41, 5.74) is 2.21. The second-order valence-electron chi connectivity index (χ2n) is 8.83. The minimum Gasteiger partial charge on any atom is -0.507 e. The zero-order chi connectivity index (χ0) is 25.2. The van der Waals surface area contributed by atoms with Crippen LogP contribution in [0.4, 0.5) is 11.4 Å². The molecule has 1 amide bonds. The monoisotopic (exact) mass is 503 g/mol. The van der Waals surface area contributed by atoms with E-state index in [0.29, 0.717) is 17.1 Å². The molecule has 0 radical (unpaired) electrons. The number of nitrogens with zero attached hydrogens (tertiary/aromatic N) is 3. The Morgan fingerprint density at radius 3 is 2.39 bits per heavy atom. The predicted molar refractivity (Wildman–Crippen MR) is 140 cm³/mol. The van der Waals surface area contributed by atoms with Crippen LogP contribution < -0.4 is 14.5 Å². The van der Waals surface area contributed by atoms with Gasteiger partial charge < -0.3 is 14.7 Å². The molecule has 2 fully saturated rings. The number of carbonyl (C=O) groups excluding carboxylic acids is 2. The predicted octanol–water partition coefficient (Wildman–Crippen LogP) is 5.36. The highest BCUT2D eigenvalue weighted by Crippen LogP contribution is 2.43. The molecule has 36 heavy (non-hydrogen) atoms. The summed E-state index contributed by atoms with van der Waals surface area (Å²) in [6.07, 6.45) is 5.14. The molecule has 2 aliphatic heterocycles. The molecule has 7 nitrogen and oxygen atoms in total. The lowest BCUT2D eigenvalue weighted by molar-refractivity contribution is -0.132. The minimum absolute atomic E-state index is 0.0750. The summed E-state index contributed by atoms with van der Waals surface area (Å²) in [6, 6.07) is 16.7. The van der Waals surface area contributed by atoms with Crippen LogP contribution in [0, 0.1) is 0 Å². The molecular formula is C28H26ClN3O4. The van der Waals surface area contributed by atoms with Crippen molar-refractivity contribution in [2.45, 2.75) is 25.3 Å². The number of aromatic nitrogens is 1. The van der Waals surface area contributed by atoms with Gasteiger partial charge in [-0.15, -0.1) is 0 Å². The van der Waals surface area contributed by atoms with Crippen molar-refractivity contribution in [2.24, 2.45) is 0 Å². The number of hydrogen-bond acceptors (Lipinski definition) is 6. The van der Waals surface area contributed by atoms with E-state index in [1.807, 2.05) is 24.3 Å². The zero-order valence-electron chi connectivity index (χ0n) is 19.9. The van der Waals surface area contributed by atoms with E-state index in [1.165, 1.54) is 24.5 Å². The van der Waals surface area contributed by atoms with Crippen LogP contribution in [0.15, 0.2) is 72.4 Å². The van der Waals surface area contributed by atoms with Crippen molar-refractivity contribution in [1.29, 1.82) is 0 Å². The number of Topliss-reactive ketones (excluding diaryl/α,β-unsaturated/α-hetero) is 1. The number of methoxy groups -OCH3 is 1. The van der Waals surface area contributed by atoms with E-state index < -0.39 is 17.7 Å². The largest absolute Gasteiger partial charge is 0.507 e. The molecule has 1 aromatic heterocycles. The molecule has 0 aliphatic carbocycles. The van der Waals surface area contributed by atoms with Crippen LogP contribution in [0.3, 0.4) is 0 Å². The Morgan fingerprint density at radius 1 is 1.00 bits per heavy atom. The van der Waals surface area contributed by atoms with Gasteiger partial charge in [0.15, 0.2) is 0 Å². The van der Waals surface area contributed by atoms with Crippen LogP contribution in [0.1, 0.15) is 36.6 Å². The topological polar surface area (TPSA) is 83.0 Å². The molecule has 1 atom stereocenters. The number of piperidine rings is 1. The van der Waals surface area contributed by atoms with Crippen LogP contribution in [0.25, 0.3) is 5.76 Å². The number of benzene rings is 2. The Kier molecular flexibility index (Phi) is 6.65. The number of ether oxygens (including phenoxy) is 1. The highest BCUT2D eigenvalue weighted by molar-refractivity contribution is 6.52. The third kappa shape index (κ3) is 4.31. The van der Waals surface area contributed by atoms with Gasteiger partial charge in [-0.3, -0.25) is 19.5 Å². The van der Waals surface area contributed by atoms with Gasteiger partial charge in [-0.25, -0.2) is 0 Å². The van der Waals surface area contributed by atoms with E-state index in [-0.39, 0.29) is 21.9 Å². The molecule has 184 valence electrons. The summed E-state index contributed by atoms with van der Waals surface area (Å²) in [7, 11) is 1.49. The van der Waals surface area contributed by atoms with Crippen LogP contribution in [-0.4, -0.2) is 42.0 Å². The molecule has 2 saturated heterocycles. The Balaban J connectivity index is 1.62. The van der Waals surface area contributed by atoms with Gasteiger partial charge in [0.2, 0.25) is 0 Å². The molecule has 0 spiro atoms. The van der Waals surface area contributed by atoms with E-state index in [9.17, 15) is 14.7 Å². The Bertz CT molecular complexity index is 1320. The average molecular weight is 504 g/mol. The van der Waals surface area contributed by atoms with Crippen LogP contribution in [-0.2, 0) is 9.59 Å².